The molecule has 0 amide bonds. The summed E-state index contributed by atoms with van der Waals surface area (Å²) in [6, 6.07) is 11.1. The zero-order valence-corrected chi connectivity index (χ0v) is 13.6. The first kappa shape index (κ1) is 15.1. The van der Waals surface area contributed by atoms with Crippen molar-refractivity contribution in [3.63, 3.8) is 0 Å². The van der Waals surface area contributed by atoms with Crippen LogP contribution in [-0.4, -0.2) is 30.1 Å². The van der Waals surface area contributed by atoms with Gasteiger partial charge >= 0.3 is 0 Å². The van der Waals surface area contributed by atoms with Crippen LogP contribution in [0, 0.1) is 0 Å². The SMILES string of the molecule is CCNC1c2ccccc2CCCC1N1CCCC1CC. The molecule has 3 atom stereocenters. The van der Waals surface area contributed by atoms with E-state index in [1.807, 2.05) is 0 Å². The summed E-state index contributed by atoms with van der Waals surface area (Å²) in [4.78, 5) is 2.83. The minimum Gasteiger partial charge on any atom is -0.309 e. The monoisotopic (exact) mass is 286 g/mol. The largest absolute Gasteiger partial charge is 0.309 e. The topological polar surface area (TPSA) is 15.3 Å². The van der Waals surface area contributed by atoms with Crippen molar-refractivity contribution < 1.29 is 0 Å². The first-order valence-corrected chi connectivity index (χ1v) is 8.92. The maximum Gasteiger partial charge on any atom is 0.0480 e. The van der Waals surface area contributed by atoms with Crippen LogP contribution in [0.5, 0.6) is 0 Å². The van der Waals surface area contributed by atoms with Gasteiger partial charge in [-0.25, -0.2) is 0 Å². The number of likely N-dealkylation sites (tertiary alicyclic amines) is 1. The van der Waals surface area contributed by atoms with Gasteiger partial charge in [0.05, 0.1) is 0 Å². The van der Waals surface area contributed by atoms with Gasteiger partial charge in [0, 0.05) is 18.1 Å². The molecule has 1 fully saturated rings. The molecular weight excluding hydrogens is 256 g/mol. The maximum atomic E-state index is 3.81. The highest BCUT2D eigenvalue weighted by Crippen LogP contribution is 2.35. The van der Waals surface area contributed by atoms with Crippen molar-refractivity contribution in [2.24, 2.45) is 0 Å². The van der Waals surface area contributed by atoms with Crippen molar-refractivity contribution in [2.75, 3.05) is 13.1 Å². The zero-order valence-electron chi connectivity index (χ0n) is 13.6. The first-order valence-electron chi connectivity index (χ1n) is 8.92. The van der Waals surface area contributed by atoms with E-state index in [9.17, 15) is 0 Å². The highest BCUT2D eigenvalue weighted by molar-refractivity contribution is 5.32. The molecule has 1 N–H and O–H groups in total. The van der Waals surface area contributed by atoms with Crippen molar-refractivity contribution in [3.05, 3.63) is 35.4 Å². The quantitative estimate of drug-likeness (QED) is 0.844. The Balaban J connectivity index is 1.91. The maximum absolute atomic E-state index is 3.81. The normalized spacial score (nSPS) is 30.1. The van der Waals surface area contributed by atoms with Crippen molar-refractivity contribution >= 4 is 0 Å². The van der Waals surface area contributed by atoms with E-state index in [2.05, 4.69) is 48.3 Å². The van der Waals surface area contributed by atoms with Gasteiger partial charge in [-0.05, 0) is 62.7 Å². The molecule has 2 nitrogen and oxygen atoms in total. The molecule has 2 heteroatoms. The van der Waals surface area contributed by atoms with Gasteiger partial charge in [-0.15, -0.1) is 0 Å². The molecule has 3 unspecified atom stereocenters. The van der Waals surface area contributed by atoms with E-state index in [0.29, 0.717) is 12.1 Å². The summed E-state index contributed by atoms with van der Waals surface area (Å²) in [7, 11) is 0. The molecule has 0 radical (unpaired) electrons. The lowest BCUT2D eigenvalue weighted by Crippen LogP contribution is -2.46. The van der Waals surface area contributed by atoms with Crippen molar-refractivity contribution in [1.29, 1.82) is 0 Å². The molecule has 3 rings (SSSR count). The highest BCUT2D eigenvalue weighted by Gasteiger charge is 2.36. The van der Waals surface area contributed by atoms with Crippen molar-refractivity contribution in [2.45, 2.75) is 70.5 Å². The van der Waals surface area contributed by atoms with Crippen LogP contribution in [0.15, 0.2) is 24.3 Å². The van der Waals surface area contributed by atoms with Crippen LogP contribution in [0.3, 0.4) is 0 Å². The second-order valence-electron chi connectivity index (χ2n) is 6.64. The fourth-order valence-electron chi connectivity index (χ4n) is 4.50. The van der Waals surface area contributed by atoms with Gasteiger partial charge in [0.25, 0.3) is 0 Å². The lowest BCUT2D eigenvalue weighted by Gasteiger charge is -2.38. The van der Waals surface area contributed by atoms with E-state index >= 15 is 0 Å². The number of likely N-dealkylation sites (N-methyl/N-ethyl adjacent to an activating group) is 1. The molecule has 0 saturated carbocycles. The van der Waals surface area contributed by atoms with Crippen LogP contribution in [0.1, 0.15) is 63.1 Å². The smallest absolute Gasteiger partial charge is 0.0480 e. The number of benzene rings is 1. The molecule has 1 aliphatic heterocycles. The molecule has 1 aliphatic carbocycles. The predicted molar refractivity (Wildman–Crippen MR) is 89.6 cm³/mol. The average molecular weight is 286 g/mol. The number of nitrogens with one attached hydrogen (secondary N) is 1. The number of hydrogen-bond acceptors (Lipinski definition) is 2. The molecule has 2 aliphatic rings. The Morgan fingerprint density at radius 2 is 2.00 bits per heavy atom. The van der Waals surface area contributed by atoms with E-state index in [0.717, 1.165) is 12.6 Å². The Kier molecular flexibility index (Phi) is 4.97. The van der Waals surface area contributed by atoms with Crippen LogP contribution >= 0.6 is 0 Å². The summed E-state index contributed by atoms with van der Waals surface area (Å²) in [5.74, 6) is 0. The van der Waals surface area contributed by atoms with Crippen LogP contribution in [-0.2, 0) is 6.42 Å². The third kappa shape index (κ3) is 3.02. The summed E-state index contributed by atoms with van der Waals surface area (Å²) in [6.45, 7) is 6.95. The Hall–Kier alpha value is -0.860. The van der Waals surface area contributed by atoms with E-state index in [1.54, 1.807) is 11.1 Å². The van der Waals surface area contributed by atoms with Crippen LogP contribution in [0.2, 0.25) is 0 Å². The van der Waals surface area contributed by atoms with E-state index in [4.69, 9.17) is 0 Å². The summed E-state index contributed by atoms with van der Waals surface area (Å²) in [5, 5.41) is 3.81. The predicted octanol–water partition coefficient (Wildman–Crippen LogP) is 3.92. The molecule has 116 valence electrons. The minimum absolute atomic E-state index is 0.515. The zero-order chi connectivity index (χ0) is 14.7. The Morgan fingerprint density at radius 1 is 1.14 bits per heavy atom. The Labute approximate surface area is 129 Å². The molecule has 0 bridgehead atoms. The number of nitrogens with zero attached hydrogens (tertiary/aromatic N) is 1. The fraction of sp³-hybridized carbons (Fsp3) is 0.684. The van der Waals surface area contributed by atoms with Gasteiger partial charge in [-0.2, -0.15) is 0 Å². The Bertz CT molecular complexity index is 457. The molecule has 1 aromatic carbocycles. The molecule has 1 heterocycles. The lowest BCUT2D eigenvalue weighted by molar-refractivity contribution is 0.132. The summed E-state index contributed by atoms with van der Waals surface area (Å²) >= 11 is 0. The highest BCUT2D eigenvalue weighted by atomic mass is 15.2. The van der Waals surface area contributed by atoms with Gasteiger partial charge in [0.1, 0.15) is 0 Å². The second-order valence-corrected chi connectivity index (χ2v) is 6.64. The summed E-state index contributed by atoms with van der Waals surface area (Å²) in [6.07, 6.45) is 8.00. The number of fused-ring (bicyclic) bond motifs is 1. The molecule has 0 spiro atoms. The van der Waals surface area contributed by atoms with Crippen LogP contribution in [0.25, 0.3) is 0 Å². The van der Waals surface area contributed by atoms with Gasteiger partial charge in [0.15, 0.2) is 0 Å². The van der Waals surface area contributed by atoms with E-state index in [-0.39, 0.29) is 0 Å². The summed E-state index contributed by atoms with van der Waals surface area (Å²) in [5.41, 5.74) is 3.13. The first-order chi connectivity index (χ1) is 10.3. The number of aryl methyl sites for hydroxylation is 1. The average Bonchev–Trinajstić information content (AvgIpc) is 2.91. The van der Waals surface area contributed by atoms with Gasteiger partial charge < -0.3 is 5.32 Å². The third-order valence-electron chi connectivity index (χ3n) is 5.46. The third-order valence-corrected chi connectivity index (χ3v) is 5.46. The van der Waals surface area contributed by atoms with E-state index in [1.165, 1.54) is 45.1 Å². The molecule has 21 heavy (non-hydrogen) atoms. The van der Waals surface area contributed by atoms with Crippen molar-refractivity contribution in [3.8, 4) is 0 Å². The molecular formula is C19H30N2. The van der Waals surface area contributed by atoms with E-state index < -0.39 is 0 Å². The summed E-state index contributed by atoms with van der Waals surface area (Å²) < 4.78 is 0. The van der Waals surface area contributed by atoms with Crippen LogP contribution < -0.4 is 5.32 Å². The molecule has 1 saturated heterocycles. The lowest BCUT2D eigenvalue weighted by atomic mass is 9.94. The second kappa shape index (κ2) is 6.93. The number of hydrogen-bond donors (Lipinski definition) is 1. The standard InChI is InChI=1S/C19H30N2/c1-3-16-11-8-14-21(16)18-13-7-10-15-9-5-6-12-17(15)19(18)20-4-2/h5-6,9,12,16,18-20H,3-4,7-8,10-11,13-14H2,1-2H3. The Morgan fingerprint density at radius 3 is 2.81 bits per heavy atom. The van der Waals surface area contributed by atoms with Gasteiger partial charge in [-0.1, -0.05) is 38.1 Å². The minimum atomic E-state index is 0.515. The number of rotatable bonds is 4. The van der Waals surface area contributed by atoms with Gasteiger partial charge in [0.2, 0.25) is 0 Å². The molecule has 0 aromatic heterocycles. The van der Waals surface area contributed by atoms with Crippen LogP contribution in [0.4, 0.5) is 0 Å². The molecule has 1 aromatic rings. The van der Waals surface area contributed by atoms with Crippen molar-refractivity contribution in [1.82, 2.24) is 10.2 Å². The van der Waals surface area contributed by atoms with Gasteiger partial charge in [-0.3, -0.25) is 4.90 Å². The fourth-order valence-corrected chi connectivity index (χ4v) is 4.50.